The minimum absolute atomic E-state index is 0.313. The Balaban J connectivity index is 0.000000366. The van der Waals surface area contributed by atoms with Gasteiger partial charge in [0, 0.05) is 0 Å². The lowest BCUT2D eigenvalue weighted by Gasteiger charge is -2.04. The van der Waals surface area contributed by atoms with E-state index in [1.54, 1.807) is 12.1 Å². The van der Waals surface area contributed by atoms with Gasteiger partial charge in [-0.15, -0.1) is 0 Å². The van der Waals surface area contributed by atoms with Crippen LogP contribution in [0.2, 0.25) is 0 Å². The summed E-state index contributed by atoms with van der Waals surface area (Å²) in [5.41, 5.74) is 6.06. The molecule has 0 saturated heterocycles. The maximum Gasteiger partial charge on any atom is 0.115 e. The van der Waals surface area contributed by atoms with E-state index < -0.39 is 0 Å². The number of aryl methyl sites for hydroxylation is 1. The minimum atomic E-state index is 0.313. The average Bonchev–Trinajstić information content (AvgIpc) is 2.17. The molecule has 0 bridgehead atoms. The van der Waals surface area contributed by atoms with Crippen molar-refractivity contribution in [3.8, 4) is 5.75 Å². The first-order valence-corrected chi connectivity index (χ1v) is 5.82. The maximum atomic E-state index is 9.09. The smallest absolute Gasteiger partial charge is 0.115 e. The fourth-order valence-corrected chi connectivity index (χ4v) is 1.13. The standard InChI is InChI=1S/C10H12O.C6H12/c1-7(2)10-5-4-9(11)6-8(10)3;1-5(2)6(3)4/h4-6,11H,1H2,2-3H3;1-4H3. The number of phenols is 1. The molecule has 1 rings (SSSR count). The molecule has 17 heavy (non-hydrogen) atoms. The lowest BCUT2D eigenvalue weighted by Crippen LogP contribution is -1.82. The SMILES string of the molecule is C=C(C)c1ccc(O)cc1C.CC(C)=C(C)C. The molecule has 0 unspecified atom stereocenters. The van der Waals surface area contributed by atoms with Crippen LogP contribution in [0.25, 0.3) is 5.57 Å². The normalized spacial score (nSPS) is 9.06. The van der Waals surface area contributed by atoms with Crippen LogP contribution in [0.5, 0.6) is 5.75 Å². The quantitative estimate of drug-likeness (QED) is 0.668. The van der Waals surface area contributed by atoms with Gasteiger partial charge < -0.3 is 5.11 Å². The summed E-state index contributed by atoms with van der Waals surface area (Å²) in [6.45, 7) is 16.2. The molecule has 94 valence electrons. The van der Waals surface area contributed by atoms with Crippen LogP contribution in [0.3, 0.4) is 0 Å². The number of hydrogen-bond acceptors (Lipinski definition) is 1. The molecule has 1 heteroatoms. The van der Waals surface area contributed by atoms with E-state index >= 15 is 0 Å². The molecule has 1 nitrogen and oxygen atoms in total. The van der Waals surface area contributed by atoms with Crippen LogP contribution in [0, 0.1) is 6.92 Å². The van der Waals surface area contributed by atoms with Crippen molar-refractivity contribution < 1.29 is 5.11 Å². The van der Waals surface area contributed by atoms with Crippen molar-refractivity contribution in [1.82, 2.24) is 0 Å². The molecule has 0 aliphatic rings. The van der Waals surface area contributed by atoms with Gasteiger partial charge in [-0.2, -0.15) is 0 Å². The third-order valence-electron chi connectivity index (χ3n) is 2.67. The Morgan fingerprint density at radius 3 is 1.76 bits per heavy atom. The van der Waals surface area contributed by atoms with E-state index in [0.717, 1.165) is 16.7 Å². The Morgan fingerprint density at radius 2 is 1.47 bits per heavy atom. The van der Waals surface area contributed by atoms with Crippen molar-refractivity contribution >= 4 is 5.57 Å². The number of rotatable bonds is 1. The third-order valence-corrected chi connectivity index (χ3v) is 2.67. The monoisotopic (exact) mass is 232 g/mol. The molecule has 0 amide bonds. The molecule has 0 fully saturated rings. The minimum Gasteiger partial charge on any atom is -0.508 e. The van der Waals surface area contributed by atoms with Crippen LogP contribution in [0.4, 0.5) is 0 Å². The van der Waals surface area contributed by atoms with Gasteiger partial charge in [-0.3, -0.25) is 0 Å². The summed E-state index contributed by atoms with van der Waals surface area (Å²) in [5.74, 6) is 0.313. The van der Waals surface area contributed by atoms with Crippen LogP contribution >= 0.6 is 0 Å². The first-order valence-electron chi connectivity index (χ1n) is 5.82. The summed E-state index contributed by atoms with van der Waals surface area (Å²) in [5, 5.41) is 9.09. The van der Waals surface area contributed by atoms with E-state index in [9.17, 15) is 0 Å². The predicted octanol–water partition coefficient (Wildman–Crippen LogP) is 5.10. The van der Waals surface area contributed by atoms with E-state index in [0.29, 0.717) is 5.75 Å². The molecule has 0 saturated carbocycles. The molecule has 0 aliphatic carbocycles. The zero-order valence-electron chi connectivity index (χ0n) is 11.9. The molecule has 1 N–H and O–H groups in total. The third kappa shape index (κ3) is 5.96. The number of allylic oxidation sites excluding steroid dienone is 3. The van der Waals surface area contributed by atoms with E-state index in [2.05, 4.69) is 34.3 Å². The molecule has 0 atom stereocenters. The number of benzene rings is 1. The predicted molar refractivity (Wildman–Crippen MR) is 77.3 cm³/mol. The van der Waals surface area contributed by atoms with Crippen LogP contribution in [-0.2, 0) is 0 Å². The van der Waals surface area contributed by atoms with Gasteiger partial charge in [-0.25, -0.2) is 0 Å². The van der Waals surface area contributed by atoms with Crippen molar-refractivity contribution in [2.75, 3.05) is 0 Å². The van der Waals surface area contributed by atoms with E-state index in [1.165, 1.54) is 11.1 Å². The van der Waals surface area contributed by atoms with Gasteiger partial charge in [-0.1, -0.05) is 29.4 Å². The summed E-state index contributed by atoms with van der Waals surface area (Å²) < 4.78 is 0. The zero-order valence-corrected chi connectivity index (χ0v) is 11.9. The molecule has 0 aliphatic heterocycles. The second-order valence-corrected chi connectivity index (χ2v) is 4.78. The topological polar surface area (TPSA) is 20.2 Å². The van der Waals surface area contributed by atoms with Crippen molar-refractivity contribution in [3.05, 3.63) is 47.1 Å². The van der Waals surface area contributed by atoms with E-state index in [4.69, 9.17) is 5.11 Å². The average molecular weight is 232 g/mol. The highest BCUT2D eigenvalue weighted by atomic mass is 16.3. The Bertz CT molecular complexity index is 407. The molecule has 1 aromatic rings. The lowest BCUT2D eigenvalue weighted by atomic mass is 10.0. The van der Waals surface area contributed by atoms with Crippen LogP contribution in [0.15, 0.2) is 35.9 Å². The van der Waals surface area contributed by atoms with Gasteiger partial charge in [0.15, 0.2) is 0 Å². The lowest BCUT2D eigenvalue weighted by molar-refractivity contribution is 0.475. The molecule has 0 radical (unpaired) electrons. The van der Waals surface area contributed by atoms with Crippen molar-refractivity contribution in [1.29, 1.82) is 0 Å². The van der Waals surface area contributed by atoms with Gasteiger partial charge in [0.25, 0.3) is 0 Å². The van der Waals surface area contributed by atoms with Crippen LogP contribution in [-0.4, -0.2) is 5.11 Å². The fraction of sp³-hybridized carbons (Fsp3) is 0.375. The summed E-state index contributed by atoms with van der Waals surface area (Å²) in [4.78, 5) is 0. The molecule has 0 spiro atoms. The van der Waals surface area contributed by atoms with Gasteiger partial charge >= 0.3 is 0 Å². The summed E-state index contributed by atoms with van der Waals surface area (Å²) >= 11 is 0. The Hall–Kier alpha value is -1.50. The van der Waals surface area contributed by atoms with Gasteiger partial charge in [0.2, 0.25) is 0 Å². The molecule has 1 aromatic carbocycles. The number of hydrogen-bond donors (Lipinski definition) is 1. The highest BCUT2D eigenvalue weighted by molar-refractivity contribution is 5.65. The second-order valence-electron chi connectivity index (χ2n) is 4.78. The first kappa shape index (κ1) is 15.5. The Kier molecular flexibility index (Phi) is 6.34. The van der Waals surface area contributed by atoms with Gasteiger partial charge in [-0.05, 0) is 64.8 Å². The largest absolute Gasteiger partial charge is 0.508 e. The van der Waals surface area contributed by atoms with Crippen LogP contribution < -0.4 is 0 Å². The summed E-state index contributed by atoms with van der Waals surface area (Å²) in [7, 11) is 0. The van der Waals surface area contributed by atoms with Crippen molar-refractivity contribution in [2.45, 2.75) is 41.5 Å². The highest BCUT2D eigenvalue weighted by Crippen LogP contribution is 2.20. The number of aromatic hydroxyl groups is 1. The van der Waals surface area contributed by atoms with E-state index in [1.807, 2.05) is 19.9 Å². The number of phenolic OH excluding ortho intramolecular Hbond substituents is 1. The van der Waals surface area contributed by atoms with Gasteiger partial charge in [0.1, 0.15) is 5.75 Å². The zero-order chi connectivity index (χ0) is 13.6. The summed E-state index contributed by atoms with van der Waals surface area (Å²) in [6.07, 6.45) is 0. The Labute approximate surface area is 106 Å². The highest BCUT2D eigenvalue weighted by Gasteiger charge is 1.98. The molecule has 0 aromatic heterocycles. The molecular weight excluding hydrogens is 208 g/mol. The van der Waals surface area contributed by atoms with E-state index in [-0.39, 0.29) is 0 Å². The Morgan fingerprint density at radius 1 is 1.00 bits per heavy atom. The fourth-order valence-electron chi connectivity index (χ4n) is 1.13. The summed E-state index contributed by atoms with van der Waals surface area (Å²) in [6, 6.07) is 5.30. The van der Waals surface area contributed by atoms with Crippen molar-refractivity contribution in [3.63, 3.8) is 0 Å². The first-order chi connectivity index (χ1) is 7.75. The molecular formula is C16H24O. The maximum absolute atomic E-state index is 9.09. The van der Waals surface area contributed by atoms with Crippen LogP contribution in [0.1, 0.15) is 45.7 Å². The van der Waals surface area contributed by atoms with Crippen molar-refractivity contribution in [2.24, 2.45) is 0 Å². The molecule has 0 heterocycles. The second kappa shape index (κ2) is 6.95. The van der Waals surface area contributed by atoms with Gasteiger partial charge in [0.05, 0.1) is 0 Å².